The van der Waals surface area contributed by atoms with Crippen molar-refractivity contribution in [3.05, 3.63) is 16.5 Å². The van der Waals surface area contributed by atoms with Crippen molar-refractivity contribution in [2.45, 2.75) is 58.4 Å². The number of aromatic nitrogens is 2. The average Bonchev–Trinajstić information content (AvgIpc) is 2.98. The van der Waals surface area contributed by atoms with Gasteiger partial charge in [-0.15, -0.1) is 0 Å². The largest absolute Gasteiger partial charge is 0.367 e. The molecule has 1 unspecified atom stereocenters. The normalized spacial score (nSPS) is 17.6. The predicted octanol–water partition coefficient (Wildman–Crippen LogP) is 4.14. The minimum absolute atomic E-state index is 0.0278. The zero-order chi connectivity index (χ0) is 13.3. The van der Waals surface area contributed by atoms with E-state index < -0.39 is 0 Å². The van der Waals surface area contributed by atoms with Crippen molar-refractivity contribution in [2.75, 3.05) is 5.32 Å². The number of halogens is 1. The van der Waals surface area contributed by atoms with E-state index in [4.69, 9.17) is 0 Å². The third-order valence-electron chi connectivity index (χ3n) is 3.14. The Hall–Kier alpha value is -0.640. The molecule has 1 aliphatic carbocycles. The number of nitrogens with one attached hydrogen (secondary N) is 1. The molecule has 0 radical (unpaired) electrons. The highest BCUT2D eigenvalue weighted by molar-refractivity contribution is 9.10. The Labute approximate surface area is 118 Å². The maximum Gasteiger partial charge on any atom is 0.137 e. The molecule has 3 nitrogen and oxygen atoms in total. The minimum Gasteiger partial charge on any atom is -0.367 e. The Kier molecular flexibility index (Phi) is 3.95. The lowest BCUT2D eigenvalue weighted by atomic mass is 9.96. The lowest BCUT2D eigenvalue weighted by molar-refractivity contribution is 0.543. The third kappa shape index (κ3) is 3.94. The number of hydrogen-bond donors (Lipinski definition) is 1. The molecule has 0 spiro atoms. The minimum atomic E-state index is -0.0278. The molecule has 0 bridgehead atoms. The van der Waals surface area contributed by atoms with Gasteiger partial charge in [-0.2, -0.15) is 0 Å². The van der Waals surface area contributed by atoms with Crippen molar-refractivity contribution < 1.29 is 0 Å². The van der Waals surface area contributed by atoms with Gasteiger partial charge in [0.2, 0.25) is 0 Å². The topological polar surface area (TPSA) is 37.8 Å². The molecule has 100 valence electrons. The highest BCUT2D eigenvalue weighted by Gasteiger charge is 2.24. The molecule has 1 aromatic heterocycles. The summed E-state index contributed by atoms with van der Waals surface area (Å²) in [6.07, 6.45) is 4.03. The summed E-state index contributed by atoms with van der Waals surface area (Å²) in [5.74, 6) is 2.73. The van der Waals surface area contributed by atoms with Gasteiger partial charge in [-0.05, 0) is 35.2 Å². The summed E-state index contributed by atoms with van der Waals surface area (Å²) in [5.41, 5.74) is -0.0278. The number of nitrogens with zero attached hydrogens (tertiary/aromatic N) is 2. The smallest absolute Gasteiger partial charge is 0.137 e. The van der Waals surface area contributed by atoms with Crippen LogP contribution in [0.1, 0.15) is 52.8 Å². The van der Waals surface area contributed by atoms with Crippen LogP contribution in [0.3, 0.4) is 0 Å². The average molecular weight is 312 g/mol. The number of anilines is 1. The third-order valence-corrected chi connectivity index (χ3v) is 3.55. The van der Waals surface area contributed by atoms with E-state index in [1.54, 1.807) is 0 Å². The molecule has 18 heavy (non-hydrogen) atoms. The molecule has 0 aromatic carbocycles. The van der Waals surface area contributed by atoms with Gasteiger partial charge in [0.1, 0.15) is 16.2 Å². The predicted molar refractivity (Wildman–Crippen MR) is 78.9 cm³/mol. The van der Waals surface area contributed by atoms with Crippen LogP contribution in [0.15, 0.2) is 10.7 Å². The van der Waals surface area contributed by atoms with Gasteiger partial charge < -0.3 is 5.32 Å². The molecule has 1 saturated carbocycles. The van der Waals surface area contributed by atoms with E-state index in [1.165, 1.54) is 19.3 Å². The molecular weight excluding hydrogens is 290 g/mol. The Morgan fingerprint density at radius 1 is 1.39 bits per heavy atom. The zero-order valence-corrected chi connectivity index (χ0v) is 13.2. The van der Waals surface area contributed by atoms with E-state index in [0.717, 1.165) is 22.2 Å². The molecule has 0 saturated heterocycles. The van der Waals surface area contributed by atoms with Crippen LogP contribution in [0.2, 0.25) is 0 Å². The molecule has 2 rings (SSSR count). The Morgan fingerprint density at radius 3 is 2.61 bits per heavy atom. The van der Waals surface area contributed by atoms with Crippen LogP contribution >= 0.6 is 15.9 Å². The Bertz CT molecular complexity index is 422. The van der Waals surface area contributed by atoms with Crippen LogP contribution in [0.4, 0.5) is 5.82 Å². The fraction of sp³-hybridized carbons (Fsp3) is 0.714. The van der Waals surface area contributed by atoms with Gasteiger partial charge in [-0.1, -0.05) is 33.6 Å². The summed E-state index contributed by atoms with van der Waals surface area (Å²) in [6.45, 7) is 8.62. The van der Waals surface area contributed by atoms with Crippen LogP contribution < -0.4 is 5.32 Å². The summed E-state index contributed by atoms with van der Waals surface area (Å²) in [5, 5.41) is 3.49. The first-order valence-electron chi connectivity index (χ1n) is 6.66. The highest BCUT2D eigenvalue weighted by Crippen LogP contribution is 2.34. The van der Waals surface area contributed by atoms with Gasteiger partial charge in [0, 0.05) is 17.5 Å². The molecule has 1 fully saturated rings. The van der Waals surface area contributed by atoms with E-state index in [1.807, 2.05) is 6.07 Å². The van der Waals surface area contributed by atoms with Gasteiger partial charge in [-0.3, -0.25) is 0 Å². The lowest BCUT2D eigenvalue weighted by Gasteiger charge is -2.19. The Balaban J connectivity index is 2.09. The monoisotopic (exact) mass is 311 g/mol. The molecule has 1 N–H and O–H groups in total. The molecule has 1 atom stereocenters. The first-order chi connectivity index (χ1) is 8.34. The zero-order valence-electron chi connectivity index (χ0n) is 11.6. The second-order valence-electron chi connectivity index (χ2n) is 6.37. The van der Waals surface area contributed by atoms with Crippen LogP contribution in [0.5, 0.6) is 0 Å². The molecule has 1 heterocycles. The molecule has 1 aliphatic rings. The summed E-state index contributed by atoms with van der Waals surface area (Å²) in [7, 11) is 0. The number of hydrogen-bond acceptors (Lipinski definition) is 3. The van der Waals surface area contributed by atoms with Crippen molar-refractivity contribution in [3.8, 4) is 0 Å². The molecule has 4 heteroatoms. The second kappa shape index (κ2) is 5.16. The van der Waals surface area contributed by atoms with Crippen molar-refractivity contribution in [1.82, 2.24) is 9.97 Å². The molecular formula is C14H22BrN3. The van der Waals surface area contributed by atoms with Gasteiger partial charge in [0.05, 0.1) is 0 Å². The standard InChI is InChI=1S/C14H22BrN3/c1-9(7-10-5-6-10)16-12-8-11(15)17-13(18-12)14(2,3)4/h8-10H,5-7H2,1-4H3,(H,16,17,18). The van der Waals surface area contributed by atoms with Crippen LogP contribution in [-0.4, -0.2) is 16.0 Å². The van der Waals surface area contributed by atoms with Crippen molar-refractivity contribution in [1.29, 1.82) is 0 Å². The van der Waals surface area contributed by atoms with Crippen molar-refractivity contribution >= 4 is 21.7 Å². The summed E-state index contributed by atoms with van der Waals surface area (Å²) in [6, 6.07) is 2.44. The maximum atomic E-state index is 4.62. The summed E-state index contributed by atoms with van der Waals surface area (Å²) >= 11 is 3.47. The van der Waals surface area contributed by atoms with Gasteiger partial charge in [0.15, 0.2) is 0 Å². The fourth-order valence-electron chi connectivity index (χ4n) is 1.99. The highest BCUT2D eigenvalue weighted by atomic mass is 79.9. The second-order valence-corrected chi connectivity index (χ2v) is 7.19. The Morgan fingerprint density at radius 2 is 2.06 bits per heavy atom. The van der Waals surface area contributed by atoms with E-state index in [9.17, 15) is 0 Å². The van der Waals surface area contributed by atoms with Gasteiger partial charge >= 0.3 is 0 Å². The van der Waals surface area contributed by atoms with E-state index in [0.29, 0.717) is 6.04 Å². The first-order valence-corrected chi connectivity index (χ1v) is 7.45. The van der Waals surface area contributed by atoms with E-state index in [2.05, 4.69) is 58.9 Å². The van der Waals surface area contributed by atoms with Gasteiger partial charge in [-0.25, -0.2) is 9.97 Å². The quantitative estimate of drug-likeness (QED) is 0.849. The summed E-state index contributed by atoms with van der Waals surface area (Å²) < 4.78 is 0.851. The van der Waals surface area contributed by atoms with E-state index in [-0.39, 0.29) is 5.41 Å². The first kappa shape index (κ1) is 13.8. The van der Waals surface area contributed by atoms with Crippen LogP contribution in [0.25, 0.3) is 0 Å². The summed E-state index contributed by atoms with van der Waals surface area (Å²) in [4.78, 5) is 9.07. The molecule has 0 aliphatic heterocycles. The van der Waals surface area contributed by atoms with Crippen molar-refractivity contribution in [3.63, 3.8) is 0 Å². The number of rotatable bonds is 4. The van der Waals surface area contributed by atoms with Gasteiger partial charge in [0.25, 0.3) is 0 Å². The van der Waals surface area contributed by atoms with Crippen LogP contribution in [-0.2, 0) is 5.41 Å². The van der Waals surface area contributed by atoms with E-state index >= 15 is 0 Å². The maximum absolute atomic E-state index is 4.62. The lowest BCUT2D eigenvalue weighted by Crippen LogP contribution is -2.21. The van der Waals surface area contributed by atoms with Crippen molar-refractivity contribution in [2.24, 2.45) is 5.92 Å². The van der Waals surface area contributed by atoms with Crippen LogP contribution in [0, 0.1) is 5.92 Å². The fourth-order valence-corrected chi connectivity index (χ4v) is 2.38. The SMILES string of the molecule is CC(CC1CC1)Nc1cc(Br)nc(C(C)(C)C)n1. The molecule has 1 aromatic rings. The molecule has 0 amide bonds.